The van der Waals surface area contributed by atoms with Crippen molar-refractivity contribution in [3.05, 3.63) is 109 Å². The summed E-state index contributed by atoms with van der Waals surface area (Å²) in [6, 6.07) is 28.7. The van der Waals surface area contributed by atoms with Crippen molar-refractivity contribution in [3.63, 3.8) is 0 Å². The Bertz CT molecular complexity index is 1220. The van der Waals surface area contributed by atoms with E-state index in [1.54, 1.807) is 37.6 Å². The Labute approximate surface area is 198 Å². The summed E-state index contributed by atoms with van der Waals surface area (Å²) in [5.41, 5.74) is 3.63. The number of amides is 2. The fraction of sp³-hybridized carbons (Fsp3) is 0.143. The fourth-order valence-corrected chi connectivity index (χ4v) is 3.67. The molecule has 34 heavy (non-hydrogen) atoms. The predicted octanol–water partition coefficient (Wildman–Crippen LogP) is 5.17. The van der Waals surface area contributed by atoms with Gasteiger partial charge >= 0.3 is 0 Å². The highest BCUT2D eigenvalue weighted by Gasteiger charge is 2.20. The molecule has 0 aliphatic rings. The SMILES string of the molecule is COc1ccccc1NC(=O)CN(Cc1ccco1)C(=O)Cc1ccc(-c2ccccc2)cc1. The van der Waals surface area contributed by atoms with Crippen LogP contribution in [0.25, 0.3) is 11.1 Å². The highest BCUT2D eigenvalue weighted by Crippen LogP contribution is 2.23. The quantitative estimate of drug-likeness (QED) is 0.379. The van der Waals surface area contributed by atoms with Crippen LogP contribution in [0, 0.1) is 0 Å². The van der Waals surface area contributed by atoms with Crippen LogP contribution < -0.4 is 10.1 Å². The molecule has 1 aromatic heterocycles. The van der Waals surface area contributed by atoms with Gasteiger partial charge in [0, 0.05) is 0 Å². The molecule has 2 amide bonds. The van der Waals surface area contributed by atoms with Crippen LogP contribution in [0.4, 0.5) is 5.69 Å². The van der Waals surface area contributed by atoms with Gasteiger partial charge in [-0.15, -0.1) is 0 Å². The summed E-state index contributed by atoms with van der Waals surface area (Å²) in [5, 5.41) is 2.83. The molecule has 3 aromatic carbocycles. The maximum absolute atomic E-state index is 13.2. The zero-order valence-corrected chi connectivity index (χ0v) is 18.9. The fourth-order valence-electron chi connectivity index (χ4n) is 3.67. The Kier molecular flexibility index (Phi) is 7.40. The van der Waals surface area contributed by atoms with E-state index >= 15 is 0 Å². The minimum absolute atomic E-state index is 0.111. The third-order valence-corrected chi connectivity index (χ3v) is 5.41. The number of furan rings is 1. The summed E-state index contributed by atoms with van der Waals surface area (Å²) in [7, 11) is 1.54. The zero-order valence-electron chi connectivity index (χ0n) is 18.9. The number of nitrogens with zero attached hydrogens (tertiary/aromatic N) is 1. The molecule has 1 N–H and O–H groups in total. The van der Waals surface area contributed by atoms with Crippen LogP contribution in [0.2, 0.25) is 0 Å². The first kappa shape index (κ1) is 22.9. The summed E-state index contributed by atoms with van der Waals surface area (Å²) >= 11 is 0. The van der Waals surface area contributed by atoms with Crippen molar-refractivity contribution >= 4 is 17.5 Å². The summed E-state index contributed by atoms with van der Waals surface area (Å²) < 4.78 is 10.7. The lowest BCUT2D eigenvalue weighted by Crippen LogP contribution is -2.38. The minimum Gasteiger partial charge on any atom is -0.495 e. The van der Waals surface area contributed by atoms with Gasteiger partial charge in [0.1, 0.15) is 18.1 Å². The van der Waals surface area contributed by atoms with Gasteiger partial charge in [-0.1, -0.05) is 66.7 Å². The number of benzene rings is 3. The molecule has 0 spiro atoms. The number of hydrogen-bond donors (Lipinski definition) is 1. The second-order valence-electron chi connectivity index (χ2n) is 7.82. The number of ether oxygens (including phenoxy) is 1. The van der Waals surface area contributed by atoms with E-state index in [1.165, 1.54) is 4.90 Å². The normalized spacial score (nSPS) is 10.5. The Balaban J connectivity index is 1.45. The van der Waals surface area contributed by atoms with Crippen molar-refractivity contribution in [2.24, 2.45) is 0 Å². The summed E-state index contributed by atoms with van der Waals surface area (Å²) in [6.45, 7) is 0.0902. The van der Waals surface area contributed by atoms with Crippen molar-refractivity contribution < 1.29 is 18.7 Å². The number of para-hydroxylation sites is 2. The van der Waals surface area contributed by atoms with Crippen molar-refractivity contribution in [1.29, 1.82) is 0 Å². The van der Waals surface area contributed by atoms with Crippen LogP contribution in [0.5, 0.6) is 5.75 Å². The second kappa shape index (κ2) is 11.0. The monoisotopic (exact) mass is 454 g/mol. The number of methoxy groups -OCH3 is 1. The Morgan fingerprint density at radius 2 is 1.56 bits per heavy atom. The van der Waals surface area contributed by atoms with Crippen LogP contribution >= 0.6 is 0 Å². The molecule has 172 valence electrons. The standard InChI is InChI=1S/C28H26N2O4/c1-33-26-12-6-5-11-25(26)29-27(31)20-30(19-24-10-7-17-34-24)28(32)18-21-13-15-23(16-14-21)22-8-3-2-4-9-22/h2-17H,18-20H2,1H3,(H,29,31). The van der Waals surface area contributed by atoms with Crippen LogP contribution in [0.1, 0.15) is 11.3 Å². The minimum atomic E-state index is -0.316. The van der Waals surface area contributed by atoms with E-state index < -0.39 is 0 Å². The number of nitrogens with one attached hydrogen (secondary N) is 1. The van der Waals surface area contributed by atoms with Crippen LogP contribution in [0.15, 0.2) is 102 Å². The van der Waals surface area contributed by atoms with Gasteiger partial charge < -0.3 is 19.4 Å². The van der Waals surface area contributed by atoms with E-state index in [-0.39, 0.29) is 31.3 Å². The molecule has 0 aliphatic heterocycles. The Hall–Kier alpha value is -4.32. The van der Waals surface area contributed by atoms with Gasteiger partial charge in [0.25, 0.3) is 0 Å². The summed E-state index contributed by atoms with van der Waals surface area (Å²) in [4.78, 5) is 27.5. The lowest BCUT2D eigenvalue weighted by molar-refractivity contribution is -0.134. The maximum atomic E-state index is 13.2. The molecule has 0 fully saturated rings. The number of hydrogen-bond acceptors (Lipinski definition) is 4. The maximum Gasteiger partial charge on any atom is 0.244 e. The van der Waals surface area contributed by atoms with E-state index in [1.807, 2.05) is 66.7 Å². The number of anilines is 1. The van der Waals surface area contributed by atoms with Crippen molar-refractivity contribution in [2.75, 3.05) is 19.0 Å². The van der Waals surface area contributed by atoms with Gasteiger partial charge in [-0.25, -0.2) is 0 Å². The van der Waals surface area contributed by atoms with E-state index in [0.717, 1.165) is 16.7 Å². The summed E-state index contributed by atoms with van der Waals surface area (Å²) in [6.07, 6.45) is 1.73. The van der Waals surface area contributed by atoms with Crippen molar-refractivity contribution in [2.45, 2.75) is 13.0 Å². The van der Waals surface area contributed by atoms with Gasteiger partial charge in [0.15, 0.2) is 0 Å². The van der Waals surface area contributed by atoms with Crippen LogP contribution in [0.3, 0.4) is 0 Å². The molecule has 6 nitrogen and oxygen atoms in total. The van der Waals surface area contributed by atoms with E-state index in [9.17, 15) is 9.59 Å². The first-order valence-corrected chi connectivity index (χ1v) is 11.0. The van der Waals surface area contributed by atoms with Crippen LogP contribution in [-0.2, 0) is 22.6 Å². The van der Waals surface area contributed by atoms with E-state index in [4.69, 9.17) is 9.15 Å². The molecular formula is C28H26N2O4. The third kappa shape index (κ3) is 5.92. The molecule has 0 bridgehead atoms. The molecule has 1 heterocycles. The van der Waals surface area contributed by atoms with Gasteiger partial charge in [0.05, 0.1) is 32.0 Å². The highest BCUT2D eigenvalue weighted by molar-refractivity contribution is 5.95. The average molecular weight is 455 g/mol. The lowest BCUT2D eigenvalue weighted by atomic mass is 10.0. The van der Waals surface area contributed by atoms with Gasteiger partial charge in [-0.05, 0) is 41.0 Å². The first-order valence-electron chi connectivity index (χ1n) is 11.0. The molecular weight excluding hydrogens is 428 g/mol. The molecule has 0 atom stereocenters. The largest absolute Gasteiger partial charge is 0.495 e. The molecule has 0 radical (unpaired) electrons. The number of carbonyl (C=O) groups excluding carboxylic acids is 2. The van der Waals surface area contributed by atoms with Gasteiger partial charge in [-0.2, -0.15) is 0 Å². The molecule has 0 saturated carbocycles. The molecule has 0 aliphatic carbocycles. The highest BCUT2D eigenvalue weighted by atomic mass is 16.5. The van der Waals surface area contributed by atoms with Crippen molar-refractivity contribution in [3.8, 4) is 16.9 Å². The first-order chi connectivity index (χ1) is 16.6. The topological polar surface area (TPSA) is 71.8 Å². The Morgan fingerprint density at radius 1 is 0.853 bits per heavy atom. The predicted molar refractivity (Wildman–Crippen MR) is 131 cm³/mol. The summed E-state index contributed by atoms with van der Waals surface area (Å²) in [5.74, 6) is 0.680. The molecule has 0 unspecified atom stereocenters. The van der Waals surface area contributed by atoms with Gasteiger partial charge in [-0.3, -0.25) is 9.59 Å². The third-order valence-electron chi connectivity index (χ3n) is 5.41. The molecule has 4 aromatic rings. The lowest BCUT2D eigenvalue weighted by Gasteiger charge is -2.22. The molecule has 0 saturated heterocycles. The van der Waals surface area contributed by atoms with Gasteiger partial charge in [0.2, 0.25) is 11.8 Å². The zero-order chi connectivity index (χ0) is 23.8. The number of carbonyl (C=O) groups is 2. The molecule has 4 rings (SSSR count). The number of rotatable bonds is 9. The Morgan fingerprint density at radius 3 is 2.26 bits per heavy atom. The van der Waals surface area contributed by atoms with Crippen LogP contribution in [-0.4, -0.2) is 30.4 Å². The van der Waals surface area contributed by atoms with E-state index in [0.29, 0.717) is 17.2 Å². The average Bonchev–Trinajstić information content (AvgIpc) is 3.38. The van der Waals surface area contributed by atoms with Crippen molar-refractivity contribution in [1.82, 2.24) is 4.90 Å². The molecule has 6 heteroatoms. The van der Waals surface area contributed by atoms with E-state index in [2.05, 4.69) is 5.32 Å². The second-order valence-corrected chi connectivity index (χ2v) is 7.82. The smallest absolute Gasteiger partial charge is 0.244 e.